The van der Waals surface area contributed by atoms with Gasteiger partial charge in [-0.15, -0.1) is 0 Å². The molecule has 1 heterocycles. The standard InChI is InChI=1S/C28H23F3N6O2S.C2H6/c1-3-40-37-22-9-5-8-20(13-22)36-27-32-15-23(16-33-27)35-26(39)24-14-21(11-10-17(24)2)34-25(38)18-6-4-7-19(12-18)28(29,30)31;1-2/h3-16,37H,1H2,2H3,(H,34,38)(H,35,39)(H,32,33,36);1-2H3. The number of anilines is 5. The molecule has 4 rings (SSSR count). The molecule has 0 saturated heterocycles. The van der Waals surface area contributed by atoms with Crippen molar-refractivity contribution in [2.75, 3.05) is 20.7 Å². The second-order valence-electron chi connectivity index (χ2n) is 8.40. The Morgan fingerprint density at radius 2 is 1.50 bits per heavy atom. The van der Waals surface area contributed by atoms with E-state index in [0.717, 1.165) is 29.6 Å². The van der Waals surface area contributed by atoms with Gasteiger partial charge in [0.2, 0.25) is 5.95 Å². The van der Waals surface area contributed by atoms with Crippen LogP contribution in [0, 0.1) is 6.92 Å². The number of aromatic nitrogens is 2. The summed E-state index contributed by atoms with van der Waals surface area (Å²) < 4.78 is 42.1. The molecule has 12 heteroatoms. The third-order valence-electron chi connectivity index (χ3n) is 5.48. The Hall–Kier alpha value is -4.84. The number of aryl methyl sites for hydroxylation is 1. The molecule has 0 unspecified atom stereocenters. The lowest BCUT2D eigenvalue weighted by Crippen LogP contribution is -2.16. The molecule has 3 aromatic carbocycles. The number of benzene rings is 3. The zero-order valence-electron chi connectivity index (χ0n) is 23.0. The predicted octanol–water partition coefficient (Wildman–Crippen LogP) is 8.28. The second-order valence-corrected chi connectivity index (χ2v) is 9.18. The highest BCUT2D eigenvalue weighted by Gasteiger charge is 2.31. The minimum atomic E-state index is -4.57. The first-order valence-electron chi connectivity index (χ1n) is 12.7. The number of alkyl halides is 3. The number of rotatable bonds is 9. The van der Waals surface area contributed by atoms with Crippen molar-refractivity contribution < 1.29 is 22.8 Å². The fourth-order valence-corrected chi connectivity index (χ4v) is 3.89. The largest absolute Gasteiger partial charge is 0.416 e. The van der Waals surface area contributed by atoms with Crippen molar-refractivity contribution in [1.29, 1.82) is 0 Å². The molecule has 0 atom stereocenters. The average Bonchev–Trinajstić information content (AvgIpc) is 2.99. The van der Waals surface area contributed by atoms with E-state index < -0.39 is 23.6 Å². The van der Waals surface area contributed by atoms with Crippen molar-refractivity contribution in [3.8, 4) is 0 Å². The van der Waals surface area contributed by atoms with Gasteiger partial charge in [0, 0.05) is 28.2 Å². The minimum absolute atomic E-state index is 0.161. The molecule has 0 fully saturated rings. The lowest BCUT2D eigenvalue weighted by molar-refractivity contribution is -0.137. The van der Waals surface area contributed by atoms with Crippen LogP contribution in [0.5, 0.6) is 0 Å². The maximum atomic E-state index is 13.0. The molecule has 0 bridgehead atoms. The summed E-state index contributed by atoms with van der Waals surface area (Å²) in [6, 6.07) is 16.2. The van der Waals surface area contributed by atoms with Gasteiger partial charge < -0.3 is 20.7 Å². The first-order chi connectivity index (χ1) is 20.1. The van der Waals surface area contributed by atoms with E-state index in [2.05, 4.69) is 37.2 Å². The van der Waals surface area contributed by atoms with E-state index >= 15 is 0 Å². The molecule has 4 N–H and O–H groups in total. The topological polar surface area (TPSA) is 108 Å². The van der Waals surface area contributed by atoms with Gasteiger partial charge in [0.25, 0.3) is 11.8 Å². The van der Waals surface area contributed by atoms with Crippen LogP contribution in [0.1, 0.15) is 45.7 Å². The van der Waals surface area contributed by atoms with Gasteiger partial charge in [-0.2, -0.15) is 13.2 Å². The first-order valence-corrected chi connectivity index (χ1v) is 13.6. The smallest absolute Gasteiger partial charge is 0.326 e. The van der Waals surface area contributed by atoms with Crippen LogP contribution in [0.15, 0.2) is 91.1 Å². The van der Waals surface area contributed by atoms with Gasteiger partial charge in [-0.3, -0.25) is 9.59 Å². The molecule has 0 spiro atoms. The third kappa shape index (κ3) is 8.83. The normalized spacial score (nSPS) is 10.5. The first kappa shape index (κ1) is 31.7. The molecule has 0 aliphatic heterocycles. The van der Waals surface area contributed by atoms with Crippen molar-refractivity contribution in [3.05, 3.63) is 113 Å². The van der Waals surface area contributed by atoms with Crippen LogP contribution in [0.2, 0.25) is 0 Å². The molecule has 218 valence electrons. The van der Waals surface area contributed by atoms with Crippen LogP contribution >= 0.6 is 11.9 Å². The number of nitrogens with zero attached hydrogens (tertiary/aromatic N) is 2. The predicted molar refractivity (Wildman–Crippen MR) is 163 cm³/mol. The van der Waals surface area contributed by atoms with Crippen LogP contribution in [-0.2, 0) is 6.18 Å². The van der Waals surface area contributed by atoms with Crippen LogP contribution < -0.4 is 20.7 Å². The highest BCUT2D eigenvalue weighted by atomic mass is 32.2. The number of halogens is 3. The molecule has 0 radical (unpaired) electrons. The third-order valence-corrected chi connectivity index (χ3v) is 6.00. The van der Waals surface area contributed by atoms with E-state index in [1.54, 1.807) is 24.5 Å². The minimum Gasteiger partial charge on any atom is -0.326 e. The van der Waals surface area contributed by atoms with Crippen molar-refractivity contribution in [2.24, 2.45) is 0 Å². The van der Waals surface area contributed by atoms with Crippen LogP contribution in [0.4, 0.5) is 41.9 Å². The average molecular weight is 595 g/mol. The maximum absolute atomic E-state index is 13.0. The lowest BCUT2D eigenvalue weighted by Gasteiger charge is -2.12. The SMILES string of the molecule is C=CSNc1cccc(Nc2ncc(NC(=O)c3cc(NC(=O)c4cccc(C(F)(F)F)c4)ccc3C)cn2)c1.CC. The van der Waals surface area contributed by atoms with E-state index in [1.165, 1.54) is 36.5 Å². The summed E-state index contributed by atoms with van der Waals surface area (Å²) in [6.07, 6.45) is -1.69. The fraction of sp³-hybridized carbons (Fsp3) is 0.133. The molecule has 4 aromatic rings. The van der Waals surface area contributed by atoms with Gasteiger partial charge in [0.15, 0.2) is 0 Å². The molecule has 0 aliphatic rings. The van der Waals surface area contributed by atoms with Crippen molar-refractivity contribution >= 4 is 52.5 Å². The zero-order chi connectivity index (χ0) is 30.7. The Balaban J connectivity index is 0.00000237. The zero-order valence-corrected chi connectivity index (χ0v) is 23.9. The van der Waals surface area contributed by atoms with Crippen LogP contribution in [0.3, 0.4) is 0 Å². The van der Waals surface area contributed by atoms with Crippen LogP contribution in [-0.4, -0.2) is 21.8 Å². The van der Waals surface area contributed by atoms with Crippen molar-refractivity contribution in [1.82, 2.24) is 9.97 Å². The number of carbonyl (C=O) groups excluding carboxylic acids is 2. The van der Waals surface area contributed by atoms with E-state index in [-0.39, 0.29) is 16.8 Å². The summed E-state index contributed by atoms with van der Waals surface area (Å²) in [5.41, 5.74) is 1.99. The molecule has 0 aliphatic carbocycles. The Kier molecular flexibility index (Phi) is 11.1. The highest BCUT2D eigenvalue weighted by Crippen LogP contribution is 2.30. The highest BCUT2D eigenvalue weighted by molar-refractivity contribution is 8.03. The van der Waals surface area contributed by atoms with Crippen molar-refractivity contribution in [3.63, 3.8) is 0 Å². The Bertz CT molecular complexity index is 1550. The van der Waals surface area contributed by atoms with Gasteiger partial charge in [-0.05, 0) is 78.4 Å². The number of hydrogen-bond acceptors (Lipinski definition) is 7. The van der Waals surface area contributed by atoms with E-state index in [1.807, 2.05) is 38.1 Å². The summed E-state index contributed by atoms with van der Waals surface area (Å²) in [5.74, 6) is -0.893. The molecule has 1 aromatic heterocycles. The Morgan fingerprint density at radius 1 is 0.833 bits per heavy atom. The van der Waals surface area contributed by atoms with E-state index in [4.69, 9.17) is 0 Å². The van der Waals surface area contributed by atoms with Crippen LogP contribution in [0.25, 0.3) is 0 Å². The second kappa shape index (κ2) is 14.7. The maximum Gasteiger partial charge on any atom is 0.416 e. The summed E-state index contributed by atoms with van der Waals surface area (Å²) in [6.45, 7) is 9.36. The van der Waals surface area contributed by atoms with Gasteiger partial charge >= 0.3 is 6.18 Å². The fourth-order valence-electron chi connectivity index (χ4n) is 3.54. The van der Waals surface area contributed by atoms with Gasteiger partial charge in [-0.1, -0.05) is 38.6 Å². The molecule has 8 nitrogen and oxygen atoms in total. The molecule has 42 heavy (non-hydrogen) atoms. The number of hydrogen-bond donors (Lipinski definition) is 4. The molecular formula is C30H29F3N6O2S. The van der Waals surface area contributed by atoms with E-state index in [9.17, 15) is 22.8 Å². The lowest BCUT2D eigenvalue weighted by atomic mass is 10.1. The molecular weight excluding hydrogens is 565 g/mol. The summed E-state index contributed by atoms with van der Waals surface area (Å²) in [4.78, 5) is 34.0. The van der Waals surface area contributed by atoms with Gasteiger partial charge in [0.1, 0.15) is 0 Å². The molecule has 2 amide bonds. The summed E-state index contributed by atoms with van der Waals surface area (Å²) in [7, 11) is 0. The molecule has 0 saturated carbocycles. The number of carbonyl (C=O) groups is 2. The summed E-state index contributed by atoms with van der Waals surface area (Å²) >= 11 is 1.34. The van der Waals surface area contributed by atoms with E-state index in [0.29, 0.717) is 17.2 Å². The number of amides is 2. The quantitative estimate of drug-likeness (QED) is 0.144. The summed E-state index contributed by atoms with van der Waals surface area (Å²) in [5, 5.41) is 10.00. The number of nitrogens with one attached hydrogen (secondary N) is 4. The Labute approximate surface area is 246 Å². The monoisotopic (exact) mass is 594 g/mol. The van der Waals surface area contributed by atoms with Gasteiger partial charge in [0.05, 0.1) is 23.6 Å². The van der Waals surface area contributed by atoms with Crippen molar-refractivity contribution in [2.45, 2.75) is 26.9 Å². The Morgan fingerprint density at radius 3 is 2.19 bits per heavy atom. The van der Waals surface area contributed by atoms with Gasteiger partial charge in [-0.25, -0.2) is 9.97 Å².